The number of halogens is 1. The molecule has 0 unspecified atom stereocenters. The van der Waals surface area contributed by atoms with E-state index in [0.717, 1.165) is 31.5 Å². The number of quaternary nitrogens is 1. The van der Waals surface area contributed by atoms with Crippen molar-refractivity contribution in [1.82, 2.24) is 4.90 Å². The predicted octanol–water partition coefficient (Wildman–Crippen LogP) is 2.11. The normalized spacial score (nSPS) is 24.0. The van der Waals surface area contributed by atoms with Crippen LogP contribution in [0.2, 0.25) is 0 Å². The molecule has 5 nitrogen and oxygen atoms in total. The Hall–Kier alpha value is -2.64. The van der Waals surface area contributed by atoms with Crippen molar-refractivity contribution in [2.45, 2.75) is 18.5 Å². The summed E-state index contributed by atoms with van der Waals surface area (Å²) < 4.78 is 18.6. The van der Waals surface area contributed by atoms with Crippen molar-refractivity contribution >= 4 is 28.8 Å². The Kier molecular flexibility index (Phi) is 5.19. The zero-order chi connectivity index (χ0) is 20.6. The van der Waals surface area contributed by atoms with Gasteiger partial charge in [0.2, 0.25) is 0 Å². The molecule has 1 N–H and O–H groups in total. The number of hydrogen-bond donors (Lipinski definition) is 1. The van der Waals surface area contributed by atoms with Crippen LogP contribution < -0.4 is 9.64 Å². The van der Waals surface area contributed by atoms with Gasteiger partial charge in [0.15, 0.2) is 5.66 Å². The van der Waals surface area contributed by atoms with E-state index < -0.39 is 5.66 Å². The largest absolute Gasteiger partial charge is 0.497 e. The molecule has 0 bridgehead atoms. The van der Waals surface area contributed by atoms with Crippen LogP contribution in [0.25, 0.3) is 0 Å². The van der Waals surface area contributed by atoms with Gasteiger partial charge in [0.1, 0.15) is 22.3 Å². The van der Waals surface area contributed by atoms with Crippen molar-refractivity contribution in [3.8, 4) is 5.75 Å². The summed E-state index contributed by atoms with van der Waals surface area (Å²) in [5.74, 6) is 0.200. The molecule has 1 saturated heterocycles. The van der Waals surface area contributed by atoms with Gasteiger partial charge < -0.3 is 9.64 Å². The lowest BCUT2D eigenvalue weighted by Gasteiger charge is -2.39. The van der Waals surface area contributed by atoms with Crippen molar-refractivity contribution in [3.63, 3.8) is 0 Å². The number of carbonyl (C=O) groups excluding carboxylic acids is 1. The first-order valence-electron chi connectivity index (χ1n) is 9.63. The third-order valence-corrected chi connectivity index (χ3v) is 6.08. The average Bonchev–Trinajstić information content (AvgIpc) is 3.02. The Morgan fingerprint density at radius 3 is 2.34 bits per heavy atom. The van der Waals surface area contributed by atoms with Crippen LogP contribution in [-0.4, -0.2) is 54.4 Å². The summed E-state index contributed by atoms with van der Waals surface area (Å²) in [5, 5.41) is 0. The van der Waals surface area contributed by atoms with E-state index in [-0.39, 0.29) is 11.7 Å². The standard InChI is InChI=1S/C22H22FN3O2S/c1-25-13-11-22(12-14-25)24-19(15-3-7-17(23)8-4-15)21(29)26(22)20(27)16-5-9-18(28-2)10-6-16/h3-10H,11-14H2,1-2H3/p+1. The van der Waals surface area contributed by atoms with Crippen LogP contribution in [0.5, 0.6) is 5.75 Å². The zero-order valence-electron chi connectivity index (χ0n) is 16.4. The first kappa shape index (κ1) is 19.7. The Morgan fingerprint density at radius 1 is 1.14 bits per heavy atom. The minimum atomic E-state index is -0.683. The van der Waals surface area contributed by atoms with Crippen LogP contribution in [-0.2, 0) is 0 Å². The molecule has 1 spiro atoms. The molecule has 2 aromatic rings. The van der Waals surface area contributed by atoms with E-state index in [4.69, 9.17) is 21.9 Å². The SMILES string of the molecule is COc1ccc(C(=O)N2C(=S)C(c3ccc(F)cc3)=NC23CC[NH+](C)CC3)cc1. The monoisotopic (exact) mass is 412 g/mol. The average molecular weight is 413 g/mol. The minimum absolute atomic E-state index is 0.168. The van der Waals surface area contributed by atoms with Gasteiger partial charge in [-0.25, -0.2) is 4.39 Å². The van der Waals surface area contributed by atoms with Gasteiger partial charge in [-0.3, -0.25) is 14.7 Å². The number of aliphatic imine (C=N–C) groups is 1. The van der Waals surface area contributed by atoms with Crippen LogP contribution >= 0.6 is 12.2 Å². The highest BCUT2D eigenvalue weighted by Crippen LogP contribution is 2.36. The first-order chi connectivity index (χ1) is 13.9. The minimum Gasteiger partial charge on any atom is -0.497 e. The summed E-state index contributed by atoms with van der Waals surface area (Å²) >= 11 is 5.73. The van der Waals surface area contributed by atoms with E-state index in [2.05, 4.69) is 7.05 Å². The lowest BCUT2D eigenvalue weighted by Crippen LogP contribution is -3.10. The van der Waals surface area contributed by atoms with E-state index >= 15 is 0 Å². The number of ether oxygens (including phenoxy) is 1. The van der Waals surface area contributed by atoms with Gasteiger partial charge in [-0.2, -0.15) is 0 Å². The lowest BCUT2D eigenvalue weighted by atomic mass is 9.95. The molecule has 2 aliphatic rings. The lowest BCUT2D eigenvalue weighted by molar-refractivity contribution is -0.886. The summed E-state index contributed by atoms with van der Waals surface area (Å²) in [6.45, 7) is 1.80. The molecule has 2 heterocycles. The van der Waals surface area contributed by atoms with Crippen molar-refractivity contribution in [1.29, 1.82) is 0 Å². The van der Waals surface area contributed by atoms with E-state index in [0.29, 0.717) is 22.0 Å². The quantitative estimate of drug-likeness (QED) is 0.786. The molecule has 2 aromatic carbocycles. The number of likely N-dealkylation sites (tertiary alicyclic amines) is 1. The number of piperidine rings is 1. The Bertz CT molecular complexity index is 965. The number of carbonyl (C=O) groups is 1. The number of amides is 1. The predicted molar refractivity (Wildman–Crippen MR) is 113 cm³/mol. The van der Waals surface area contributed by atoms with Gasteiger partial charge in [0.25, 0.3) is 5.91 Å². The van der Waals surface area contributed by atoms with Crippen molar-refractivity contribution in [2.24, 2.45) is 4.99 Å². The number of methoxy groups -OCH3 is 1. The first-order valence-corrected chi connectivity index (χ1v) is 10.0. The smallest absolute Gasteiger partial charge is 0.260 e. The second kappa shape index (κ2) is 7.65. The van der Waals surface area contributed by atoms with Crippen LogP contribution in [0.15, 0.2) is 53.5 Å². The van der Waals surface area contributed by atoms with Gasteiger partial charge in [-0.05, 0) is 48.5 Å². The summed E-state index contributed by atoms with van der Waals surface area (Å²) in [5.41, 5.74) is 1.17. The Labute approximate surface area is 174 Å². The van der Waals surface area contributed by atoms with Crippen molar-refractivity contribution < 1.29 is 18.8 Å². The van der Waals surface area contributed by atoms with Gasteiger partial charge in [0, 0.05) is 24.0 Å². The zero-order valence-corrected chi connectivity index (χ0v) is 17.3. The van der Waals surface area contributed by atoms with Crippen LogP contribution in [0, 0.1) is 5.82 Å². The number of thiocarbonyl (C=S) groups is 1. The maximum atomic E-state index is 13.5. The summed E-state index contributed by atoms with van der Waals surface area (Å²) in [6.07, 6.45) is 1.46. The fourth-order valence-corrected chi connectivity index (χ4v) is 4.37. The molecule has 7 heteroatoms. The van der Waals surface area contributed by atoms with E-state index in [9.17, 15) is 9.18 Å². The Morgan fingerprint density at radius 2 is 1.76 bits per heavy atom. The maximum Gasteiger partial charge on any atom is 0.260 e. The van der Waals surface area contributed by atoms with Gasteiger partial charge in [-0.15, -0.1) is 0 Å². The highest BCUT2D eigenvalue weighted by atomic mass is 32.1. The maximum absolute atomic E-state index is 13.5. The molecule has 0 saturated carbocycles. The van der Waals surface area contributed by atoms with Crippen LogP contribution in [0.1, 0.15) is 28.8 Å². The van der Waals surface area contributed by atoms with E-state index in [1.54, 1.807) is 48.4 Å². The van der Waals surface area contributed by atoms with Crippen molar-refractivity contribution in [3.05, 3.63) is 65.5 Å². The molecule has 0 atom stereocenters. The summed E-state index contributed by atoms with van der Waals surface area (Å²) in [6, 6.07) is 13.1. The van der Waals surface area contributed by atoms with Crippen molar-refractivity contribution in [2.75, 3.05) is 27.2 Å². The van der Waals surface area contributed by atoms with Crippen LogP contribution in [0.3, 0.4) is 0 Å². The van der Waals surface area contributed by atoms with E-state index in [1.165, 1.54) is 17.0 Å². The molecular formula is C22H23FN3O2S+. The molecule has 0 radical (unpaired) electrons. The number of benzene rings is 2. The molecule has 1 amide bonds. The van der Waals surface area contributed by atoms with Crippen LogP contribution in [0.4, 0.5) is 4.39 Å². The fraction of sp³-hybridized carbons (Fsp3) is 0.318. The molecule has 4 rings (SSSR count). The highest BCUT2D eigenvalue weighted by molar-refractivity contribution is 7.82. The van der Waals surface area contributed by atoms with E-state index in [1.807, 2.05) is 0 Å². The second-order valence-corrected chi connectivity index (χ2v) is 7.97. The van der Waals surface area contributed by atoms with Gasteiger partial charge in [-0.1, -0.05) is 12.2 Å². The molecule has 2 aliphatic heterocycles. The molecule has 0 aromatic heterocycles. The Balaban J connectivity index is 1.73. The molecule has 0 aliphatic carbocycles. The topological polar surface area (TPSA) is 46.3 Å². The second-order valence-electron chi connectivity index (χ2n) is 7.58. The number of hydrogen-bond acceptors (Lipinski definition) is 4. The molecule has 1 fully saturated rings. The third kappa shape index (κ3) is 3.56. The molecular weight excluding hydrogens is 389 g/mol. The number of nitrogens with one attached hydrogen (secondary N) is 1. The van der Waals surface area contributed by atoms with Gasteiger partial charge in [0.05, 0.1) is 27.2 Å². The summed E-state index contributed by atoms with van der Waals surface area (Å²) in [7, 11) is 3.73. The number of rotatable bonds is 3. The molecule has 29 heavy (non-hydrogen) atoms. The van der Waals surface area contributed by atoms with Gasteiger partial charge >= 0.3 is 0 Å². The molecule has 150 valence electrons. The fourth-order valence-electron chi connectivity index (χ4n) is 3.95. The summed E-state index contributed by atoms with van der Waals surface area (Å²) in [4.78, 5) is 22.0. The highest BCUT2D eigenvalue weighted by Gasteiger charge is 2.50. The number of nitrogens with zero attached hydrogens (tertiary/aromatic N) is 2. The third-order valence-electron chi connectivity index (χ3n) is 5.70.